The minimum absolute atomic E-state index is 0.237. The fourth-order valence-electron chi connectivity index (χ4n) is 1.81. The molecule has 0 aliphatic carbocycles. The van der Waals surface area contributed by atoms with Crippen molar-refractivity contribution >= 4 is 10.0 Å². The number of sulfonamides is 1. The van der Waals surface area contributed by atoms with Crippen LogP contribution in [-0.4, -0.2) is 58.3 Å². The lowest BCUT2D eigenvalue weighted by atomic mass is 10.3. The summed E-state index contributed by atoms with van der Waals surface area (Å²) in [5.41, 5.74) is 0. The van der Waals surface area contributed by atoms with Crippen LogP contribution in [0.1, 0.15) is 19.8 Å². The molecular formula is C10H23N3O2S. The summed E-state index contributed by atoms with van der Waals surface area (Å²) in [6.45, 7) is 7.65. The molecule has 0 amide bonds. The summed E-state index contributed by atoms with van der Waals surface area (Å²) in [6, 6.07) is 0. The van der Waals surface area contributed by atoms with E-state index >= 15 is 0 Å². The van der Waals surface area contributed by atoms with Crippen molar-refractivity contribution < 1.29 is 8.42 Å². The van der Waals surface area contributed by atoms with Crippen LogP contribution < -0.4 is 10.0 Å². The normalized spacial score (nSPS) is 18.8. The van der Waals surface area contributed by atoms with Gasteiger partial charge >= 0.3 is 0 Å². The summed E-state index contributed by atoms with van der Waals surface area (Å²) < 4.78 is 25.3. The Morgan fingerprint density at radius 2 is 2.00 bits per heavy atom. The molecular weight excluding hydrogens is 226 g/mol. The highest BCUT2D eigenvalue weighted by Crippen LogP contribution is 1.94. The first-order chi connectivity index (χ1) is 7.64. The Labute approximate surface area is 98.6 Å². The minimum atomic E-state index is -3.02. The molecule has 96 valence electrons. The molecule has 0 spiro atoms. The van der Waals surface area contributed by atoms with Gasteiger partial charge in [0, 0.05) is 32.7 Å². The van der Waals surface area contributed by atoms with Crippen LogP contribution in [0.3, 0.4) is 0 Å². The zero-order valence-corrected chi connectivity index (χ0v) is 10.9. The summed E-state index contributed by atoms with van der Waals surface area (Å²) in [4.78, 5) is 2.37. The summed E-state index contributed by atoms with van der Waals surface area (Å²) in [5.74, 6) is 0.237. The molecule has 0 aromatic rings. The first-order valence-corrected chi connectivity index (χ1v) is 7.69. The first-order valence-electron chi connectivity index (χ1n) is 6.04. The van der Waals surface area contributed by atoms with Gasteiger partial charge in [0.15, 0.2) is 0 Å². The van der Waals surface area contributed by atoms with Crippen molar-refractivity contribution in [2.75, 3.05) is 45.0 Å². The quantitative estimate of drug-likeness (QED) is 0.603. The average Bonchev–Trinajstić information content (AvgIpc) is 2.26. The van der Waals surface area contributed by atoms with Crippen molar-refractivity contribution in [2.24, 2.45) is 0 Å². The fourth-order valence-corrected chi connectivity index (χ4v) is 2.94. The molecule has 0 bridgehead atoms. The monoisotopic (exact) mass is 249 g/mol. The van der Waals surface area contributed by atoms with Crippen LogP contribution in [0.4, 0.5) is 0 Å². The molecule has 1 fully saturated rings. The number of piperazine rings is 1. The molecule has 0 aromatic carbocycles. The summed E-state index contributed by atoms with van der Waals surface area (Å²) >= 11 is 0. The topological polar surface area (TPSA) is 61.4 Å². The van der Waals surface area contributed by atoms with E-state index in [0.29, 0.717) is 13.0 Å². The molecule has 1 aliphatic rings. The molecule has 1 rings (SSSR count). The van der Waals surface area contributed by atoms with Crippen LogP contribution in [0.2, 0.25) is 0 Å². The van der Waals surface area contributed by atoms with E-state index in [9.17, 15) is 8.42 Å². The minimum Gasteiger partial charge on any atom is -0.314 e. The zero-order valence-electron chi connectivity index (χ0n) is 10.0. The van der Waals surface area contributed by atoms with Crippen molar-refractivity contribution in [3.8, 4) is 0 Å². The largest absolute Gasteiger partial charge is 0.314 e. The fraction of sp³-hybridized carbons (Fsp3) is 1.00. The van der Waals surface area contributed by atoms with E-state index in [1.54, 1.807) is 0 Å². The van der Waals surface area contributed by atoms with Crippen molar-refractivity contribution in [3.05, 3.63) is 0 Å². The molecule has 2 N–H and O–H groups in total. The van der Waals surface area contributed by atoms with E-state index in [-0.39, 0.29) is 5.75 Å². The number of nitrogens with zero attached hydrogens (tertiary/aromatic N) is 1. The molecule has 0 aromatic heterocycles. The smallest absolute Gasteiger partial charge is 0.211 e. The van der Waals surface area contributed by atoms with Gasteiger partial charge in [-0.15, -0.1) is 0 Å². The first kappa shape index (κ1) is 13.9. The van der Waals surface area contributed by atoms with Gasteiger partial charge in [0.2, 0.25) is 10.0 Å². The third kappa shape index (κ3) is 5.79. The molecule has 0 atom stereocenters. The third-order valence-corrected chi connectivity index (χ3v) is 4.25. The number of hydrogen-bond acceptors (Lipinski definition) is 4. The van der Waals surface area contributed by atoms with E-state index in [4.69, 9.17) is 0 Å². The summed E-state index contributed by atoms with van der Waals surface area (Å²) in [6.07, 6.45) is 1.57. The highest BCUT2D eigenvalue weighted by atomic mass is 32.2. The number of rotatable bonds is 7. The molecule has 6 heteroatoms. The predicted octanol–water partition coefficient (Wildman–Crippen LogP) is -0.389. The van der Waals surface area contributed by atoms with Gasteiger partial charge in [-0.1, -0.05) is 6.92 Å². The van der Waals surface area contributed by atoms with Gasteiger partial charge < -0.3 is 10.2 Å². The van der Waals surface area contributed by atoms with E-state index in [2.05, 4.69) is 14.9 Å². The molecule has 16 heavy (non-hydrogen) atoms. The molecule has 1 heterocycles. The molecule has 1 aliphatic heterocycles. The van der Waals surface area contributed by atoms with Crippen LogP contribution in [0, 0.1) is 0 Å². The van der Waals surface area contributed by atoms with Crippen LogP contribution in [0.5, 0.6) is 0 Å². The van der Waals surface area contributed by atoms with Crippen LogP contribution >= 0.6 is 0 Å². The SMILES string of the molecule is CCCS(=O)(=O)NCCCN1CCNCC1. The van der Waals surface area contributed by atoms with E-state index in [1.807, 2.05) is 6.92 Å². The van der Waals surface area contributed by atoms with Crippen LogP contribution in [-0.2, 0) is 10.0 Å². The Balaban J connectivity index is 2.06. The summed E-state index contributed by atoms with van der Waals surface area (Å²) in [7, 11) is -3.02. The molecule has 0 radical (unpaired) electrons. The second kappa shape index (κ2) is 7.21. The molecule has 1 saturated heterocycles. The van der Waals surface area contributed by atoms with Crippen molar-refractivity contribution in [1.29, 1.82) is 0 Å². The Kier molecular flexibility index (Phi) is 6.26. The predicted molar refractivity (Wildman–Crippen MR) is 66.0 cm³/mol. The molecule has 0 unspecified atom stereocenters. The van der Waals surface area contributed by atoms with E-state index < -0.39 is 10.0 Å². The van der Waals surface area contributed by atoms with Crippen molar-refractivity contribution in [1.82, 2.24) is 14.9 Å². The van der Waals surface area contributed by atoms with Crippen LogP contribution in [0.15, 0.2) is 0 Å². The Morgan fingerprint density at radius 3 is 2.62 bits per heavy atom. The second-order valence-electron chi connectivity index (χ2n) is 4.16. The number of nitrogens with one attached hydrogen (secondary N) is 2. The van der Waals surface area contributed by atoms with Gasteiger partial charge in [0.25, 0.3) is 0 Å². The van der Waals surface area contributed by atoms with E-state index in [1.165, 1.54) is 0 Å². The van der Waals surface area contributed by atoms with Gasteiger partial charge in [-0.3, -0.25) is 0 Å². The van der Waals surface area contributed by atoms with Gasteiger partial charge in [-0.2, -0.15) is 0 Å². The lowest BCUT2D eigenvalue weighted by Gasteiger charge is -2.27. The Bertz CT molecular complexity index is 274. The van der Waals surface area contributed by atoms with Gasteiger partial charge in [0.1, 0.15) is 0 Å². The highest BCUT2D eigenvalue weighted by molar-refractivity contribution is 7.89. The average molecular weight is 249 g/mol. The Hall–Kier alpha value is -0.170. The maximum Gasteiger partial charge on any atom is 0.211 e. The lowest BCUT2D eigenvalue weighted by Crippen LogP contribution is -2.44. The molecule has 0 saturated carbocycles. The van der Waals surface area contributed by atoms with Crippen LogP contribution in [0.25, 0.3) is 0 Å². The Morgan fingerprint density at radius 1 is 1.31 bits per heavy atom. The van der Waals surface area contributed by atoms with Gasteiger partial charge in [-0.05, 0) is 19.4 Å². The van der Waals surface area contributed by atoms with Crippen molar-refractivity contribution in [3.63, 3.8) is 0 Å². The molecule has 5 nitrogen and oxygen atoms in total. The van der Waals surface area contributed by atoms with E-state index in [0.717, 1.165) is 39.1 Å². The maximum atomic E-state index is 11.3. The van der Waals surface area contributed by atoms with Crippen molar-refractivity contribution in [2.45, 2.75) is 19.8 Å². The number of hydrogen-bond donors (Lipinski definition) is 2. The highest BCUT2D eigenvalue weighted by Gasteiger charge is 2.10. The third-order valence-electron chi connectivity index (χ3n) is 2.66. The standard InChI is InChI=1S/C10H23N3O2S/c1-2-10-16(14,15)12-4-3-7-13-8-5-11-6-9-13/h11-12H,2-10H2,1H3. The zero-order chi connectivity index (χ0) is 11.9. The van der Waals surface area contributed by atoms with Gasteiger partial charge in [-0.25, -0.2) is 13.1 Å². The maximum absolute atomic E-state index is 11.3. The van der Waals surface area contributed by atoms with Gasteiger partial charge in [0.05, 0.1) is 5.75 Å². The lowest BCUT2D eigenvalue weighted by molar-refractivity contribution is 0.239. The second-order valence-corrected chi connectivity index (χ2v) is 6.08. The summed E-state index contributed by atoms with van der Waals surface area (Å²) in [5, 5.41) is 3.29.